The Kier molecular flexibility index (Phi) is 2.25. The lowest BCUT2D eigenvalue weighted by Crippen LogP contribution is -2.41. The van der Waals surface area contributed by atoms with Crippen molar-refractivity contribution in [3.63, 3.8) is 0 Å². The van der Waals surface area contributed by atoms with E-state index in [9.17, 15) is 4.79 Å². The molecular weight excluding hydrogens is 178 g/mol. The molecule has 14 heavy (non-hydrogen) atoms. The fourth-order valence-corrected chi connectivity index (χ4v) is 1.82. The van der Waals surface area contributed by atoms with Crippen molar-refractivity contribution < 1.29 is 9.90 Å². The van der Waals surface area contributed by atoms with Crippen molar-refractivity contribution in [1.82, 2.24) is 5.32 Å². The van der Waals surface area contributed by atoms with E-state index in [4.69, 9.17) is 5.11 Å². The van der Waals surface area contributed by atoms with Crippen molar-refractivity contribution in [2.45, 2.75) is 25.9 Å². The topological polar surface area (TPSA) is 49.3 Å². The van der Waals surface area contributed by atoms with Gasteiger partial charge in [0, 0.05) is 6.54 Å². The normalized spacial score (nSPS) is 20.2. The van der Waals surface area contributed by atoms with Gasteiger partial charge >= 0.3 is 5.97 Å². The number of carboxylic acid groups (broad SMARTS) is 1. The number of carbonyl (C=O) groups is 1. The molecule has 1 aromatic rings. The maximum absolute atomic E-state index is 10.8. The van der Waals surface area contributed by atoms with Gasteiger partial charge in [0.2, 0.25) is 0 Å². The second-order valence-corrected chi connectivity index (χ2v) is 3.75. The Morgan fingerprint density at radius 3 is 3.00 bits per heavy atom. The number of nitrogens with one attached hydrogen (secondary N) is 1. The third kappa shape index (κ3) is 1.63. The Morgan fingerprint density at radius 1 is 1.50 bits per heavy atom. The minimum absolute atomic E-state index is 0.426. The minimum Gasteiger partial charge on any atom is -0.480 e. The van der Waals surface area contributed by atoms with Gasteiger partial charge in [-0.1, -0.05) is 23.8 Å². The zero-order valence-corrected chi connectivity index (χ0v) is 8.08. The first-order valence-electron chi connectivity index (χ1n) is 4.71. The maximum atomic E-state index is 10.8. The highest BCUT2D eigenvalue weighted by molar-refractivity contribution is 5.74. The summed E-state index contributed by atoms with van der Waals surface area (Å²) in [5, 5.41) is 11.9. The van der Waals surface area contributed by atoms with Crippen LogP contribution in [0.3, 0.4) is 0 Å². The molecule has 0 aliphatic carbocycles. The van der Waals surface area contributed by atoms with Crippen LogP contribution in [-0.2, 0) is 17.8 Å². The summed E-state index contributed by atoms with van der Waals surface area (Å²) in [5.41, 5.74) is 3.60. The van der Waals surface area contributed by atoms with E-state index in [0.717, 1.165) is 5.56 Å². The zero-order valence-electron chi connectivity index (χ0n) is 8.08. The molecule has 2 N–H and O–H groups in total. The Labute approximate surface area is 82.8 Å². The lowest BCUT2D eigenvalue weighted by molar-refractivity contribution is -0.139. The Bertz CT molecular complexity index is 374. The predicted octanol–water partition coefficient (Wildman–Crippen LogP) is 1.09. The van der Waals surface area contributed by atoms with Crippen LogP contribution in [0.15, 0.2) is 18.2 Å². The van der Waals surface area contributed by atoms with Gasteiger partial charge in [0.1, 0.15) is 6.04 Å². The fraction of sp³-hybridized carbons (Fsp3) is 0.364. The second kappa shape index (κ2) is 3.42. The third-order valence-corrected chi connectivity index (χ3v) is 2.62. The number of aryl methyl sites for hydroxylation is 1. The van der Waals surface area contributed by atoms with Gasteiger partial charge in [-0.2, -0.15) is 0 Å². The summed E-state index contributed by atoms with van der Waals surface area (Å²) in [6.07, 6.45) is 0.588. The van der Waals surface area contributed by atoms with Crippen molar-refractivity contribution >= 4 is 5.97 Å². The quantitative estimate of drug-likeness (QED) is 0.698. The summed E-state index contributed by atoms with van der Waals surface area (Å²) >= 11 is 0. The van der Waals surface area contributed by atoms with Crippen LogP contribution in [0.4, 0.5) is 0 Å². The first-order valence-corrected chi connectivity index (χ1v) is 4.71. The van der Waals surface area contributed by atoms with E-state index >= 15 is 0 Å². The highest BCUT2D eigenvalue weighted by atomic mass is 16.4. The molecule has 0 amide bonds. The molecule has 0 radical (unpaired) electrons. The number of carboxylic acids is 1. The first-order chi connectivity index (χ1) is 6.66. The molecule has 1 atom stereocenters. The molecular formula is C11H13NO2. The number of fused-ring (bicyclic) bond motifs is 1. The van der Waals surface area contributed by atoms with E-state index in [1.165, 1.54) is 11.1 Å². The second-order valence-electron chi connectivity index (χ2n) is 3.75. The van der Waals surface area contributed by atoms with Gasteiger partial charge in [0.15, 0.2) is 0 Å². The molecule has 0 aromatic heterocycles. The predicted molar refractivity (Wildman–Crippen MR) is 53.1 cm³/mol. The fourth-order valence-electron chi connectivity index (χ4n) is 1.82. The maximum Gasteiger partial charge on any atom is 0.321 e. The van der Waals surface area contributed by atoms with Gasteiger partial charge in [-0.15, -0.1) is 0 Å². The number of hydrogen-bond donors (Lipinski definition) is 2. The van der Waals surface area contributed by atoms with Crippen molar-refractivity contribution in [2.24, 2.45) is 0 Å². The zero-order chi connectivity index (χ0) is 10.1. The lowest BCUT2D eigenvalue weighted by atomic mass is 9.94. The molecule has 0 saturated heterocycles. The van der Waals surface area contributed by atoms with Crippen molar-refractivity contribution in [2.75, 3.05) is 0 Å². The van der Waals surface area contributed by atoms with Gasteiger partial charge in [0.25, 0.3) is 0 Å². The summed E-state index contributed by atoms with van der Waals surface area (Å²) in [6, 6.07) is 5.75. The summed E-state index contributed by atoms with van der Waals surface area (Å²) < 4.78 is 0. The van der Waals surface area contributed by atoms with E-state index in [0.29, 0.717) is 13.0 Å². The van der Waals surface area contributed by atoms with Crippen LogP contribution in [0.25, 0.3) is 0 Å². The largest absolute Gasteiger partial charge is 0.480 e. The monoisotopic (exact) mass is 191 g/mol. The molecule has 3 heteroatoms. The van der Waals surface area contributed by atoms with Crippen molar-refractivity contribution in [1.29, 1.82) is 0 Å². The van der Waals surface area contributed by atoms with Crippen molar-refractivity contribution in [3.8, 4) is 0 Å². The van der Waals surface area contributed by atoms with Crippen LogP contribution in [-0.4, -0.2) is 17.1 Å². The van der Waals surface area contributed by atoms with Gasteiger partial charge < -0.3 is 10.4 Å². The van der Waals surface area contributed by atoms with Crippen LogP contribution >= 0.6 is 0 Å². The van der Waals surface area contributed by atoms with E-state index in [-0.39, 0.29) is 0 Å². The molecule has 74 valence electrons. The molecule has 1 aliphatic rings. The summed E-state index contributed by atoms with van der Waals surface area (Å²) in [6.45, 7) is 2.71. The van der Waals surface area contributed by atoms with Crippen LogP contribution < -0.4 is 5.32 Å². The van der Waals surface area contributed by atoms with E-state index in [1.54, 1.807) is 0 Å². The summed E-state index contributed by atoms with van der Waals surface area (Å²) in [7, 11) is 0. The number of hydrogen-bond acceptors (Lipinski definition) is 2. The Morgan fingerprint density at radius 2 is 2.29 bits per heavy atom. The molecule has 3 nitrogen and oxygen atoms in total. The summed E-state index contributed by atoms with van der Waals surface area (Å²) in [5.74, 6) is -0.767. The molecule has 0 spiro atoms. The minimum atomic E-state index is -0.767. The molecule has 0 fully saturated rings. The average Bonchev–Trinajstić information content (AvgIpc) is 2.16. The number of aliphatic carboxylic acids is 1. The molecule has 1 heterocycles. The molecule has 1 aliphatic heterocycles. The van der Waals surface area contributed by atoms with Gasteiger partial charge in [-0.3, -0.25) is 4.79 Å². The van der Waals surface area contributed by atoms with Crippen LogP contribution in [0, 0.1) is 6.92 Å². The molecule has 1 aromatic carbocycles. The van der Waals surface area contributed by atoms with E-state index in [1.807, 2.05) is 19.1 Å². The molecule has 0 unspecified atom stereocenters. The highest BCUT2D eigenvalue weighted by Crippen LogP contribution is 2.18. The lowest BCUT2D eigenvalue weighted by Gasteiger charge is -2.23. The van der Waals surface area contributed by atoms with Crippen molar-refractivity contribution in [3.05, 3.63) is 34.9 Å². The van der Waals surface area contributed by atoms with Gasteiger partial charge in [-0.25, -0.2) is 0 Å². The van der Waals surface area contributed by atoms with Gasteiger partial charge in [0.05, 0.1) is 0 Å². The Balaban J connectivity index is 2.27. The third-order valence-electron chi connectivity index (χ3n) is 2.62. The Hall–Kier alpha value is -1.35. The van der Waals surface area contributed by atoms with E-state index in [2.05, 4.69) is 11.4 Å². The standard InChI is InChI=1S/C11H13NO2/c1-7-2-3-8-5-10(11(13)14)12-6-9(8)4-7/h2-4,10,12H,5-6H2,1H3,(H,13,14)/t10-/m1/s1. The smallest absolute Gasteiger partial charge is 0.321 e. The molecule has 2 rings (SSSR count). The molecule has 0 saturated carbocycles. The number of benzene rings is 1. The summed E-state index contributed by atoms with van der Waals surface area (Å²) in [4.78, 5) is 10.8. The average molecular weight is 191 g/mol. The van der Waals surface area contributed by atoms with Gasteiger partial charge in [-0.05, 0) is 24.5 Å². The van der Waals surface area contributed by atoms with Crippen LogP contribution in [0.2, 0.25) is 0 Å². The SMILES string of the molecule is Cc1ccc2c(c1)CN[C@@H](C(=O)O)C2. The van der Waals surface area contributed by atoms with E-state index < -0.39 is 12.0 Å². The van der Waals surface area contributed by atoms with Crippen LogP contribution in [0.1, 0.15) is 16.7 Å². The number of rotatable bonds is 1. The first kappa shape index (κ1) is 9.21. The van der Waals surface area contributed by atoms with Crippen LogP contribution in [0.5, 0.6) is 0 Å². The molecule has 0 bridgehead atoms. The highest BCUT2D eigenvalue weighted by Gasteiger charge is 2.22.